The van der Waals surface area contributed by atoms with Gasteiger partial charge in [0.2, 0.25) is 0 Å². The van der Waals surface area contributed by atoms with Crippen LogP contribution >= 0.6 is 0 Å². The maximum atomic E-state index is 12.7. The molecule has 1 aromatic carbocycles. The lowest BCUT2D eigenvalue weighted by Crippen LogP contribution is -2.31. The van der Waals surface area contributed by atoms with E-state index >= 15 is 0 Å². The van der Waals surface area contributed by atoms with Crippen molar-refractivity contribution in [2.75, 3.05) is 12.3 Å². The monoisotopic (exact) mass is 281 g/mol. The highest BCUT2D eigenvalue weighted by Gasteiger charge is 2.31. The molecule has 0 radical (unpaired) electrons. The van der Waals surface area contributed by atoms with Crippen LogP contribution in [0.2, 0.25) is 0 Å². The van der Waals surface area contributed by atoms with Crippen molar-refractivity contribution in [1.82, 2.24) is 9.88 Å². The summed E-state index contributed by atoms with van der Waals surface area (Å²) in [6.45, 7) is 2.75. The van der Waals surface area contributed by atoms with Crippen LogP contribution in [0.3, 0.4) is 0 Å². The summed E-state index contributed by atoms with van der Waals surface area (Å²) in [7, 11) is 0. The van der Waals surface area contributed by atoms with E-state index in [-0.39, 0.29) is 11.9 Å². The lowest BCUT2D eigenvalue weighted by molar-refractivity contribution is 0.0735. The molecule has 0 aliphatic carbocycles. The summed E-state index contributed by atoms with van der Waals surface area (Å²) in [5, 5.41) is 0. The molecule has 1 amide bonds. The highest BCUT2D eigenvalue weighted by molar-refractivity contribution is 5.94. The third-order valence-electron chi connectivity index (χ3n) is 4.04. The Morgan fingerprint density at radius 1 is 1.24 bits per heavy atom. The van der Waals surface area contributed by atoms with Gasteiger partial charge < -0.3 is 10.6 Å². The van der Waals surface area contributed by atoms with Gasteiger partial charge in [-0.2, -0.15) is 0 Å². The molecule has 1 atom stereocenters. The summed E-state index contributed by atoms with van der Waals surface area (Å²) < 4.78 is 0. The van der Waals surface area contributed by atoms with Crippen molar-refractivity contribution >= 4 is 11.7 Å². The van der Waals surface area contributed by atoms with E-state index in [4.69, 9.17) is 5.73 Å². The number of nitrogens with zero attached hydrogens (tertiary/aromatic N) is 2. The lowest BCUT2D eigenvalue weighted by Gasteiger charge is -2.26. The van der Waals surface area contributed by atoms with Crippen LogP contribution in [-0.2, 0) is 0 Å². The van der Waals surface area contributed by atoms with Crippen LogP contribution in [0.15, 0.2) is 42.5 Å². The third kappa shape index (κ3) is 2.61. The van der Waals surface area contributed by atoms with E-state index in [1.165, 1.54) is 0 Å². The van der Waals surface area contributed by atoms with Gasteiger partial charge >= 0.3 is 0 Å². The molecule has 0 saturated carbocycles. The quantitative estimate of drug-likeness (QED) is 0.920. The van der Waals surface area contributed by atoms with Gasteiger partial charge in [0.15, 0.2) is 0 Å². The van der Waals surface area contributed by atoms with E-state index in [0.717, 1.165) is 36.2 Å². The van der Waals surface area contributed by atoms with Crippen LogP contribution in [0.25, 0.3) is 0 Å². The number of pyridine rings is 1. The Bertz CT molecular complexity index is 654. The molecule has 0 spiro atoms. The standard InChI is InChI=1S/C17H19N3O/c1-12-14(9-10-16(18)19-12)15-8-5-11-20(15)17(21)13-6-3-2-4-7-13/h2-4,6-7,9-10,15H,5,8,11H2,1H3,(H2,18,19)/t15-/m1/s1. The smallest absolute Gasteiger partial charge is 0.254 e. The zero-order valence-electron chi connectivity index (χ0n) is 12.1. The first-order valence-corrected chi connectivity index (χ1v) is 7.26. The zero-order chi connectivity index (χ0) is 14.8. The van der Waals surface area contributed by atoms with Crippen molar-refractivity contribution < 1.29 is 4.79 Å². The van der Waals surface area contributed by atoms with Crippen LogP contribution in [-0.4, -0.2) is 22.3 Å². The van der Waals surface area contributed by atoms with Crippen molar-refractivity contribution in [2.45, 2.75) is 25.8 Å². The lowest BCUT2D eigenvalue weighted by atomic mass is 10.0. The molecule has 108 valence electrons. The first-order valence-electron chi connectivity index (χ1n) is 7.26. The van der Waals surface area contributed by atoms with Gasteiger partial charge in [0.05, 0.1) is 6.04 Å². The first-order chi connectivity index (χ1) is 10.2. The number of nitrogen functional groups attached to an aromatic ring is 1. The predicted octanol–water partition coefficient (Wildman–Crippen LogP) is 2.95. The Balaban J connectivity index is 1.91. The Morgan fingerprint density at radius 2 is 2.00 bits per heavy atom. The number of hydrogen-bond acceptors (Lipinski definition) is 3. The average Bonchev–Trinajstić information content (AvgIpc) is 2.96. The molecule has 1 aliphatic rings. The maximum Gasteiger partial charge on any atom is 0.254 e. The number of aromatic nitrogens is 1. The minimum atomic E-state index is 0.0920. The minimum Gasteiger partial charge on any atom is -0.384 e. The molecule has 4 nitrogen and oxygen atoms in total. The number of likely N-dealkylation sites (tertiary alicyclic amines) is 1. The van der Waals surface area contributed by atoms with Gasteiger partial charge in [0.25, 0.3) is 5.91 Å². The number of carbonyl (C=O) groups is 1. The van der Waals surface area contributed by atoms with E-state index in [0.29, 0.717) is 5.82 Å². The molecule has 2 aromatic rings. The molecule has 1 fully saturated rings. The summed E-state index contributed by atoms with van der Waals surface area (Å²) in [4.78, 5) is 19.0. The van der Waals surface area contributed by atoms with Crippen molar-refractivity contribution in [1.29, 1.82) is 0 Å². The number of carbonyl (C=O) groups excluding carboxylic acids is 1. The third-order valence-corrected chi connectivity index (χ3v) is 4.04. The van der Waals surface area contributed by atoms with E-state index in [9.17, 15) is 4.79 Å². The molecule has 2 N–H and O–H groups in total. The topological polar surface area (TPSA) is 59.2 Å². The summed E-state index contributed by atoms with van der Waals surface area (Å²) in [6, 6.07) is 13.4. The molecule has 2 heterocycles. The molecule has 1 aromatic heterocycles. The Kier molecular flexibility index (Phi) is 3.60. The van der Waals surface area contributed by atoms with E-state index in [1.807, 2.05) is 54.3 Å². The highest BCUT2D eigenvalue weighted by atomic mass is 16.2. The van der Waals surface area contributed by atoms with Gasteiger partial charge in [-0.3, -0.25) is 4.79 Å². The fourth-order valence-corrected chi connectivity index (χ4v) is 3.02. The summed E-state index contributed by atoms with van der Waals surface area (Å²) >= 11 is 0. The van der Waals surface area contributed by atoms with Gasteiger partial charge in [0, 0.05) is 17.8 Å². The van der Waals surface area contributed by atoms with E-state index in [1.54, 1.807) is 0 Å². The normalized spacial score (nSPS) is 18.0. The van der Waals surface area contributed by atoms with Gasteiger partial charge in [-0.25, -0.2) is 4.98 Å². The Morgan fingerprint density at radius 3 is 2.71 bits per heavy atom. The first kappa shape index (κ1) is 13.6. The summed E-state index contributed by atoms with van der Waals surface area (Å²) in [5.74, 6) is 0.615. The van der Waals surface area contributed by atoms with Crippen molar-refractivity contribution in [3.63, 3.8) is 0 Å². The van der Waals surface area contributed by atoms with E-state index < -0.39 is 0 Å². The fourth-order valence-electron chi connectivity index (χ4n) is 3.02. The second-order valence-electron chi connectivity index (χ2n) is 5.43. The number of rotatable bonds is 2. The molecule has 0 bridgehead atoms. The Hall–Kier alpha value is -2.36. The molecular weight excluding hydrogens is 262 g/mol. The summed E-state index contributed by atoms with van der Waals surface area (Å²) in [5.41, 5.74) is 8.47. The molecule has 4 heteroatoms. The minimum absolute atomic E-state index is 0.0920. The Labute approximate surface area is 124 Å². The molecule has 3 rings (SSSR count). The number of benzene rings is 1. The van der Waals surface area contributed by atoms with Gasteiger partial charge in [-0.1, -0.05) is 24.3 Å². The zero-order valence-corrected chi connectivity index (χ0v) is 12.1. The van der Waals surface area contributed by atoms with Gasteiger partial charge in [-0.15, -0.1) is 0 Å². The predicted molar refractivity (Wildman–Crippen MR) is 82.8 cm³/mol. The van der Waals surface area contributed by atoms with Crippen LogP contribution in [0.4, 0.5) is 5.82 Å². The van der Waals surface area contributed by atoms with Crippen LogP contribution in [0.1, 0.15) is 40.5 Å². The van der Waals surface area contributed by atoms with Crippen molar-refractivity contribution in [3.8, 4) is 0 Å². The number of amides is 1. The SMILES string of the molecule is Cc1nc(N)ccc1[C@H]1CCCN1C(=O)c1ccccc1. The number of nitrogens with two attached hydrogens (primary N) is 1. The largest absolute Gasteiger partial charge is 0.384 e. The maximum absolute atomic E-state index is 12.7. The van der Waals surface area contributed by atoms with Crippen LogP contribution in [0, 0.1) is 6.92 Å². The van der Waals surface area contributed by atoms with Crippen LogP contribution < -0.4 is 5.73 Å². The average molecular weight is 281 g/mol. The van der Waals surface area contributed by atoms with Gasteiger partial charge in [-0.05, 0) is 43.5 Å². The summed E-state index contributed by atoms with van der Waals surface area (Å²) in [6.07, 6.45) is 2.00. The molecule has 21 heavy (non-hydrogen) atoms. The molecular formula is C17H19N3O. The molecule has 0 unspecified atom stereocenters. The van der Waals surface area contributed by atoms with Gasteiger partial charge in [0.1, 0.15) is 5.82 Å². The highest BCUT2D eigenvalue weighted by Crippen LogP contribution is 2.34. The number of aryl methyl sites for hydroxylation is 1. The number of anilines is 1. The fraction of sp³-hybridized carbons (Fsp3) is 0.294. The van der Waals surface area contributed by atoms with Crippen molar-refractivity contribution in [3.05, 3.63) is 59.3 Å². The van der Waals surface area contributed by atoms with E-state index in [2.05, 4.69) is 4.98 Å². The second-order valence-corrected chi connectivity index (χ2v) is 5.43. The second kappa shape index (κ2) is 5.56. The van der Waals surface area contributed by atoms with Crippen LogP contribution in [0.5, 0.6) is 0 Å². The molecule has 1 saturated heterocycles. The molecule has 1 aliphatic heterocycles. The van der Waals surface area contributed by atoms with Crippen molar-refractivity contribution in [2.24, 2.45) is 0 Å². The number of hydrogen-bond donors (Lipinski definition) is 1.